The van der Waals surface area contributed by atoms with Gasteiger partial charge in [0.2, 0.25) is 0 Å². The van der Waals surface area contributed by atoms with E-state index in [1.54, 1.807) is 18.2 Å². The maximum absolute atomic E-state index is 11.6. The topological polar surface area (TPSA) is 76.7 Å². The SMILES string of the molecule is Cc1cc(Cl)ccc1OCC(=O)NNC(=O)OCc1ccccc1. The monoisotopic (exact) mass is 348 g/mol. The van der Waals surface area contributed by atoms with Crippen molar-refractivity contribution in [3.05, 3.63) is 64.7 Å². The summed E-state index contributed by atoms with van der Waals surface area (Å²) in [5.41, 5.74) is 6.01. The van der Waals surface area contributed by atoms with Crippen molar-refractivity contribution in [2.24, 2.45) is 0 Å². The van der Waals surface area contributed by atoms with Crippen LogP contribution in [0.2, 0.25) is 5.02 Å². The summed E-state index contributed by atoms with van der Waals surface area (Å²) in [4.78, 5) is 23.1. The fourth-order valence-electron chi connectivity index (χ4n) is 1.83. The molecule has 0 aliphatic heterocycles. The highest BCUT2D eigenvalue weighted by Gasteiger charge is 2.08. The normalized spacial score (nSPS) is 9.92. The molecule has 0 radical (unpaired) electrons. The van der Waals surface area contributed by atoms with Crippen molar-refractivity contribution in [2.75, 3.05) is 6.61 Å². The molecule has 0 atom stereocenters. The number of hydrogen-bond donors (Lipinski definition) is 2. The minimum atomic E-state index is -0.755. The molecule has 2 aromatic rings. The van der Waals surface area contributed by atoms with Gasteiger partial charge >= 0.3 is 6.09 Å². The largest absolute Gasteiger partial charge is 0.483 e. The lowest BCUT2D eigenvalue weighted by Crippen LogP contribution is -2.44. The number of hydrogen-bond acceptors (Lipinski definition) is 4. The fraction of sp³-hybridized carbons (Fsp3) is 0.176. The molecule has 24 heavy (non-hydrogen) atoms. The highest BCUT2D eigenvalue weighted by atomic mass is 35.5. The molecule has 0 aliphatic carbocycles. The molecule has 2 N–H and O–H groups in total. The maximum Gasteiger partial charge on any atom is 0.426 e. The van der Waals surface area contributed by atoms with Crippen LogP contribution in [0.1, 0.15) is 11.1 Å². The first-order valence-corrected chi connectivity index (χ1v) is 7.57. The molecule has 0 saturated heterocycles. The molecule has 0 heterocycles. The third-order valence-electron chi connectivity index (χ3n) is 3.01. The summed E-state index contributed by atoms with van der Waals surface area (Å²) in [6.07, 6.45) is -0.755. The number of carbonyl (C=O) groups excluding carboxylic acids is 2. The first-order valence-electron chi connectivity index (χ1n) is 7.19. The average Bonchev–Trinajstić information content (AvgIpc) is 2.58. The lowest BCUT2D eigenvalue weighted by atomic mass is 10.2. The Morgan fingerprint density at radius 1 is 1.08 bits per heavy atom. The number of aryl methyl sites for hydroxylation is 1. The second kappa shape index (κ2) is 8.79. The van der Waals surface area contributed by atoms with Crippen molar-refractivity contribution < 1.29 is 19.1 Å². The van der Waals surface area contributed by atoms with Gasteiger partial charge in [-0.25, -0.2) is 10.2 Å². The van der Waals surface area contributed by atoms with E-state index in [-0.39, 0.29) is 13.2 Å². The van der Waals surface area contributed by atoms with Crippen LogP contribution < -0.4 is 15.6 Å². The molecule has 0 aromatic heterocycles. The molecule has 2 aromatic carbocycles. The molecule has 2 rings (SSSR count). The van der Waals surface area contributed by atoms with E-state index in [1.165, 1.54) is 0 Å². The van der Waals surface area contributed by atoms with Gasteiger partial charge in [0.1, 0.15) is 12.4 Å². The van der Waals surface area contributed by atoms with Gasteiger partial charge in [0.05, 0.1) is 0 Å². The second-order valence-electron chi connectivity index (χ2n) is 4.93. The smallest absolute Gasteiger partial charge is 0.426 e. The summed E-state index contributed by atoms with van der Waals surface area (Å²) in [6, 6.07) is 14.3. The van der Waals surface area contributed by atoms with Crippen molar-refractivity contribution in [1.29, 1.82) is 0 Å². The third-order valence-corrected chi connectivity index (χ3v) is 3.25. The molecule has 0 unspecified atom stereocenters. The summed E-state index contributed by atoms with van der Waals surface area (Å²) >= 11 is 5.84. The number of ether oxygens (including phenoxy) is 2. The van der Waals surface area contributed by atoms with Gasteiger partial charge in [-0.2, -0.15) is 0 Å². The van der Waals surface area contributed by atoms with Crippen LogP contribution in [0, 0.1) is 6.92 Å². The Hall–Kier alpha value is -2.73. The summed E-state index contributed by atoms with van der Waals surface area (Å²) < 4.78 is 10.3. The Labute approximate surface area is 144 Å². The van der Waals surface area contributed by atoms with Gasteiger partial charge in [0.25, 0.3) is 5.91 Å². The molecule has 0 fully saturated rings. The van der Waals surface area contributed by atoms with E-state index in [9.17, 15) is 9.59 Å². The zero-order chi connectivity index (χ0) is 17.4. The summed E-state index contributed by atoms with van der Waals surface area (Å²) in [6.45, 7) is 1.68. The van der Waals surface area contributed by atoms with Crippen LogP contribution >= 0.6 is 11.6 Å². The van der Waals surface area contributed by atoms with Crippen LogP contribution in [0.4, 0.5) is 4.79 Å². The Balaban J connectivity index is 1.68. The van der Waals surface area contributed by atoms with Gasteiger partial charge in [-0.3, -0.25) is 10.2 Å². The van der Waals surface area contributed by atoms with Gasteiger partial charge in [0, 0.05) is 5.02 Å². The third kappa shape index (κ3) is 5.81. The number of rotatable bonds is 5. The Bertz CT molecular complexity index is 707. The first-order chi connectivity index (χ1) is 11.5. The predicted molar refractivity (Wildman–Crippen MR) is 89.6 cm³/mol. The minimum absolute atomic E-state index is 0.114. The zero-order valence-electron chi connectivity index (χ0n) is 13.0. The van der Waals surface area contributed by atoms with E-state index in [1.807, 2.05) is 37.3 Å². The van der Waals surface area contributed by atoms with Crippen LogP contribution in [0.15, 0.2) is 48.5 Å². The van der Waals surface area contributed by atoms with Crippen molar-refractivity contribution in [3.8, 4) is 5.75 Å². The molecular formula is C17H17ClN2O4. The van der Waals surface area contributed by atoms with Gasteiger partial charge in [-0.05, 0) is 36.2 Å². The number of carbonyl (C=O) groups is 2. The van der Waals surface area contributed by atoms with Crippen LogP contribution in [-0.4, -0.2) is 18.6 Å². The molecule has 0 aliphatic rings. The zero-order valence-corrected chi connectivity index (χ0v) is 13.8. The Morgan fingerprint density at radius 2 is 1.83 bits per heavy atom. The van der Waals surface area contributed by atoms with Crippen LogP contribution in [0.3, 0.4) is 0 Å². The van der Waals surface area contributed by atoms with E-state index in [0.29, 0.717) is 10.8 Å². The van der Waals surface area contributed by atoms with E-state index < -0.39 is 12.0 Å². The highest BCUT2D eigenvalue weighted by Crippen LogP contribution is 2.21. The second-order valence-corrected chi connectivity index (χ2v) is 5.37. The lowest BCUT2D eigenvalue weighted by Gasteiger charge is -2.11. The van der Waals surface area contributed by atoms with E-state index in [4.69, 9.17) is 21.1 Å². The van der Waals surface area contributed by atoms with Crippen LogP contribution in [0.5, 0.6) is 5.75 Å². The van der Waals surface area contributed by atoms with Crippen molar-refractivity contribution in [3.63, 3.8) is 0 Å². The van der Waals surface area contributed by atoms with Crippen molar-refractivity contribution in [1.82, 2.24) is 10.9 Å². The predicted octanol–water partition coefficient (Wildman–Crippen LogP) is 2.98. The molecule has 126 valence electrons. The van der Waals surface area contributed by atoms with Gasteiger partial charge < -0.3 is 9.47 Å². The van der Waals surface area contributed by atoms with E-state index in [2.05, 4.69) is 10.9 Å². The van der Waals surface area contributed by atoms with Crippen LogP contribution in [0.25, 0.3) is 0 Å². The first kappa shape index (κ1) is 17.6. The standard InChI is InChI=1S/C17H17ClN2O4/c1-12-9-14(18)7-8-15(12)23-11-16(21)19-20-17(22)24-10-13-5-3-2-4-6-13/h2-9H,10-11H2,1H3,(H,19,21)(H,20,22). The van der Waals surface area contributed by atoms with Crippen molar-refractivity contribution in [2.45, 2.75) is 13.5 Å². The summed E-state index contributed by atoms with van der Waals surface area (Å²) in [7, 11) is 0. The molecule has 0 saturated carbocycles. The average molecular weight is 349 g/mol. The molecule has 7 heteroatoms. The number of hydrazine groups is 1. The number of benzene rings is 2. The lowest BCUT2D eigenvalue weighted by molar-refractivity contribution is -0.124. The Morgan fingerprint density at radius 3 is 2.54 bits per heavy atom. The van der Waals surface area contributed by atoms with E-state index >= 15 is 0 Å². The Kier molecular flexibility index (Phi) is 6.45. The summed E-state index contributed by atoms with van der Waals surface area (Å²) in [5.74, 6) is 0.0298. The number of amides is 2. The fourth-order valence-corrected chi connectivity index (χ4v) is 2.06. The quantitative estimate of drug-likeness (QED) is 0.814. The number of halogens is 1. The summed E-state index contributed by atoms with van der Waals surface area (Å²) in [5, 5.41) is 0.590. The molecular weight excluding hydrogens is 332 g/mol. The van der Waals surface area contributed by atoms with Gasteiger partial charge in [0.15, 0.2) is 6.61 Å². The van der Waals surface area contributed by atoms with E-state index in [0.717, 1.165) is 11.1 Å². The molecule has 0 spiro atoms. The maximum atomic E-state index is 11.6. The molecule has 2 amide bonds. The van der Waals surface area contributed by atoms with Crippen molar-refractivity contribution >= 4 is 23.6 Å². The van der Waals surface area contributed by atoms with Gasteiger partial charge in [-0.15, -0.1) is 0 Å². The molecule has 6 nitrogen and oxygen atoms in total. The van der Waals surface area contributed by atoms with Gasteiger partial charge in [-0.1, -0.05) is 41.9 Å². The highest BCUT2D eigenvalue weighted by molar-refractivity contribution is 6.30. The number of nitrogens with one attached hydrogen (secondary N) is 2. The van der Waals surface area contributed by atoms with Crippen LogP contribution in [-0.2, 0) is 16.1 Å². The molecule has 0 bridgehead atoms. The minimum Gasteiger partial charge on any atom is -0.483 e.